The van der Waals surface area contributed by atoms with Crippen LogP contribution < -0.4 is 10.1 Å². The van der Waals surface area contributed by atoms with Crippen LogP contribution in [0.2, 0.25) is 0 Å². The van der Waals surface area contributed by atoms with Crippen molar-refractivity contribution in [2.75, 3.05) is 18.4 Å². The van der Waals surface area contributed by atoms with E-state index in [1.54, 1.807) is 39.0 Å². The van der Waals surface area contributed by atoms with E-state index in [4.69, 9.17) is 4.74 Å². The van der Waals surface area contributed by atoms with Gasteiger partial charge in [0.2, 0.25) is 15.9 Å². The highest BCUT2D eigenvalue weighted by molar-refractivity contribution is 7.89. The van der Waals surface area contributed by atoms with Crippen molar-refractivity contribution in [3.8, 4) is 11.5 Å². The number of anilines is 1. The SMILES string of the molecule is CCC(=O)Nc1cc(S(=O)(=O)N(CC)CC)ccc1Oc1ccccc1. The largest absolute Gasteiger partial charge is 0.455 e. The van der Waals surface area contributed by atoms with Gasteiger partial charge in [0.05, 0.1) is 10.6 Å². The topological polar surface area (TPSA) is 75.7 Å². The lowest BCUT2D eigenvalue weighted by molar-refractivity contribution is -0.115. The fourth-order valence-corrected chi connectivity index (χ4v) is 3.91. The van der Waals surface area contributed by atoms with Gasteiger partial charge in [0.25, 0.3) is 0 Å². The molecule has 0 atom stereocenters. The van der Waals surface area contributed by atoms with Crippen molar-refractivity contribution in [3.63, 3.8) is 0 Å². The van der Waals surface area contributed by atoms with Gasteiger partial charge >= 0.3 is 0 Å². The number of amides is 1. The molecule has 1 N–H and O–H groups in total. The van der Waals surface area contributed by atoms with Gasteiger partial charge in [-0.3, -0.25) is 4.79 Å². The molecule has 0 aliphatic carbocycles. The minimum atomic E-state index is -3.63. The molecule has 2 rings (SSSR count). The van der Waals surface area contributed by atoms with Crippen molar-refractivity contribution >= 4 is 21.6 Å². The van der Waals surface area contributed by atoms with E-state index >= 15 is 0 Å². The van der Waals surface area contributed by atoms with Gasteiger partial charge < -0.3 is 10.1 Å². The second-order valence-corrected chi connectivity index (χ2v) is 7.50. The minimum absolute atomic E-state index is 0.119. The summed E-state index contributed by atoms with van der Waals surface area (Å²) in [6, 6.07) is 13.6. The van der Waals surface area contributed by atoms with E-state index in [-0.39, 0.29) is 17.2 Å². The number of carbonyl (C=O) groups excluding carboxylic acids is 1. The molecule has 0 aliphatic rings. The number of hydrogen-bond donors (Lipinski definition) is 1. The molecule has 0 saturated heterocycles. The van der Waals surface area contributed by atoms with E-state index < -0.39 is 10.0 Å². The molecule has 0 spiro atoms. The quantitative estimate of drug-likeness (QED) is 0.759. The summed E-state index contributed by atoms with van der Waals surface area (Å²) >= 11 is 0. The molecule has 0 aliphatic heterocycles. The maximum atomic E-state index is 12.7. The van der Waals surface area contributed by atoms with E-state index in [1.807, 2.05) is 18.2 Å². The molecule has 6 nitrogen and oxygen atoms in total. The van der Waals surface area contributed by atoms with E-state index in [9.17, 15) is 13.2 Å². The Bertz CT molecular complexity index is 847. The van der Waals surface area contributed by atoms with Gasteiger partial charge in [0.1, 0.15) is 5.75 Å². The number of carbonyl (C=O) groups is 1. The predicted molar refractivity (Wildman–Crippen MR) is 102 cm³/mol. The smallest absolute Gasteiger partial charge is 0.243 e. The van der Waals surface area contributed by atoms with Gasteiger partial charge in [-0.1, -0.05) is 39.0 Å². The molecular formula is C19H24N2O4S. The summed E-state index contributed by atoms with van der Waals surface area (Å²) in [6.07, 6.45) is 0.276. The Labute approximate surface area is 154 Å². The van der Waals surface area contributed by atoms with Gasteiger partial charge in [-0.25, -0.2) is 8.42 Å². The van der Waals surface area contributed by atoms with E-state index in [0.717, 1.165) is 0 Å². The van der Waals surface area contributed by atoms with E-state index in [0.29, 0.717) is 30.3 Å². The number of rotatable bonds is 8. The Morgan fingerprint density at radius 1 is 1.04 bits per heavy atom. The number of sulfonamides is 1. The standard InChI is InChI=1S/C19H24N2O4S/c1-4-19(22)20-17-14-16(26(23,24)21(5-2)6-3)12-13-18(17)25-15-10-8-7-9-11-15/h7-14H,4-6H2,1-3H3,(H,20,22). The molecule has 0 saturated carbocycles. The van der Waals surface area contributed by atoms with Gasteiger partial charge in [-0.05, 0) is 30.3 Å². The zero-order valence-corrected chi connectivity index (χ0v) is 16.0. The zero-order chi connectivity index (χ0) is 19.2. The van der Waals surface area contributed by atoms with Crippen molar-refractivity contribution in [2.45, 2.75) is 32.1 Å². The predicted octanol–water partition coefficient (Wildman–Crippen LogP) is 3.86. The lowest BCUT2D eigenvalue weighted by atomic mass is 10.2. The van der Waals surface area contributed by atoms with E-state index in [2.05, 4.69) is 5.32 Å². The zero-order valence-electron chi connectivity index (χ0n) is 15.2. The van der Waals surface area contributed by atoms with Crippen LogP contribution in [-0.2, 0) is 14.8 Å². The molecule has 0 aromatic heterocycles. The summed E-state index contributed by atoms with van der Waals surface area (Å²) in [5.74, 6) is 0.760. The number of hydrogen-bond acceptors (Lipinski definition) is 4. The third-order valence-corrected chi connectivity index (χ3v) is 5.91. The van der Waals surface area contributed by atoms with Crippen molar-refractivity contribution in [2.24, 2.45) is 0 Å². The molecule has 0 unspecified atom stereocenters. The van der Waals surface area contributed by atoms with Crippen LogP contribution in [0.5, 0.6) is 11.5 Å². The van der Waals surface area contributed by atoms with Gasteiger partial charge in [-0.2, -0.15) is 4.31 Å². The van der Waals surface area contributed by atoms with Crippen LogP contribution >= 0.6 is 0 Å². The minimum Gasteiger partial charge on any atom is -0.455 e. The molecule has 7 heteroatoms. The maximum absolute atomic E-state index is 12.7. The van der Waals surface area contributed by atoms with Gasteiger partial charge in [0.15, 0.2) is 5.75 Å². The lowest BCUT2D eigenvalue weighted by Crippen LogP contribution is -2.30. The average molecular weight is 376 g/mol. The Kier molecular flexibility index (Phi) is 6.76. The van der Waals surface area contributed by atoms with Crippen LogP contribution in [0.4, 0.5) is 5.69 Å². The Morgan fingerprint density at radius 3 is 2.27 bits per heavy atom. The number of ether oxygens (including phenoxy) is 1. The van der Waals surface area contributed by atoms with Crippen molar-refractivity contribution in [3.05, 3.63) is 48.5 Å². The summed E-state index contributed by atoms with van der Waals surface area (Å²) in [7, 11) is -3.63. The lowest BCUT2D eigenvalue weighted by Gasteiger charge is -2.20. The van der Waals surface area contributed by atoms with Crippen molar-refractivity contribution < 1.29 is 17.9 Å². The monoisotopic (exact) mass is 376 g/mol. The maximum Gasteiger partial charge on any atom is 0.243 e. The number of nitrogens with zero attached hydrogens (tertiary/aromatic N) is 1. The Morgan fingerprint density at radius 2 is 1.69 bits per heavy atom. The molecular weight excluding hydrogens is 352 g/mol. The fraction of sp³-hybridized carbons (Fsp3) is 0.316. The average Bonchev–Trinajstić information content (AvgIpc) is 2.64. The first-order chi connectivity index (χ1) is 12.4. The summed E-state index contributed by atoms with van der Waals surface area (Å²) < 4.78 is 32.7. The normalized spacial score (nSPS) is 11.4. The number of benzene rings is 2. The highest BCUT2D eigenvalue weighted by Crippen LogP contribution is 2.32. The van der Waals surface area contributed by atoms with Crippen LogP contribution in [0.15, 0.2) is 53.4 Å². The highest BCUT2D eigenvalue weighted by atomic mass is 32.2. The van der Waals surface area contributed by atoms with Crippen LogP contribution in [0.1, 0.15) is 27.2 Å². The summed E-state index contributed by atoms with van der Waals surface area (Å²) in [4.78, 5) is 12.0. The van der Waals surface area contributed by atoms with Gasteiger partial charge in [0, 0.05) is 19.5 Å². The summed E-state index contributed by atoms with van der Waals surface area (Å²) in [5.41, 5.74) is 0.328. The van der Waals surface area contributed by atoms with Crippen molar-refractivity contribution in [1.82, 2.24) is 4.31 Å². The van der Waals surface area contributed by atoms with E-state index in [1.165, 1.54) is 16.4 Å². The molecule has 2 aromatic carbocycles. The third-order valence-electron chi connectivity index (χ3n) is 3.86. The molecule has 0 heterocycles. The van der Waals surface area contributed by atoms with Gasteiger partial charge in [-0.15, -0.1) is 0 Å². The van der Waals surface area contributed by atoms with Crippen LogP contribution in [0, 0.1) is 0 Å². The molecule has 0 radical (unpaired) electrons. The molecule has 26 heavy (non-hydrogen) atoms. The molecule has 0 bridgehead atoms. The molecule has 1 amide bonds. The second-order valence-electron chi connectivity index (χ2n) is 5.56. The van der Waals surface area contributed by atoms with Crippen LogP contribution in [-0.4, -0.2) is 31.7 Å². The fourth-order valence-electron chi connectivity index (χ4n) is 2.42. The Hall–Kier alpha value is -2.38. The van der Waals surface area contributed by atoms with Crippen LogP contribution in [0.3, 0.4) is 0 Å². The number of para-hydroxylation sites is 1. The summed E-state index contributed by atoms with van der Waals surface area (Å²) in [5, 5.41) is 2.72. The number of nitrogens with one attached hydrogen (secondary N) is 1. The van der Waals surface area contributed by atoms with Crippen molar-refractivity contribution in [1.29, 1.82) is 0 Å². The molecule has 2 aromatic rings. The first kappa shape index (κ1) is 19.9. The van der Waals surface area contributed by atoms with Crippen LogP contribution in [0.25, 0.3) is 0 Å². The second kappa shape index (κ2) is 8.82. The first-order valence-electron chi connectivity index (χ1n) is 8.59. The third kappa shape index (κ3) is 4.62. The molecule has 140 valence electrons. The Balaban J connectivity index is 2.45. The molecule has 0 fully saturated rings. The first-order valence-corrected chi connectivity index (χ1v) is 10.0. The highest BCUT2D eigenvalue weighted by Gasteiger charge is 2.23. The summed E-state index contributed by atoms with van der Waals surface area (Å²) in [6.45, 7) is 6.04.